The number of rotatable bonds is 4. The maximum absolute atomic E-state index is 4.60. The third-order valence-corrected chi connectivity index (χ3v) is 3.92. The highest BCUT2D eigenvalue weighted by atomic mass is 15.2. The van der Waals surface area contributed by atoms with Gasteiger partial charge in [0.15, 0.2) is 0 Å². The van der Waals surface area contributed by atoms with Crippen LogP contribution in [0, 0.1) is 6.92 Å². The predicted molar refractivity (Wildman–Crippen MR) is 80.8 cm³/mol. The fourth-order valence-electron chi connectivity index (χ4n) is 2.84. The fraction of sp³-hybridized carbons (Fsp3) is 0.733. The van der Waals surface area contributed by atoms with Crippen molar-refractivity contribution in [1.82, 2.24) is 9.97 Å². The van der Waals surface area contributed by atoms with Crippen molar-refractivity contribution >= 4 is 11.6 Å². The van der Waals surface area contributed by atoms with Crippen molar-refractivity contribution in [2.24, 2.45) is 0 Å². The van der Waals surface area contributed by atoms with Gasteiger partial charge < -0.3 is 10.2 Å². The molecule has 1 saturated carbocycles. The van der Waals surface area contributed by atoms with E-state index < -0.39 is 0 Å². The molecule has 0 spiro atoms. The van der Waals surface area contributed by atoms with E-state index in [0.29, 0.717) is 6.04 Å². The quantitative estimate of drug-likeness (QED) is 0.845. The Bertz CT molecular complexity index is 397. The van der Waals surface area contributed by atoms with Gasteiger partial charge in [0.2, 0.25) is 0 Å². The van der Waals surface area contributed by atoms with E-state index in [4.69, 9.17) is 0 Å². The molecule has 0 aromatic carbocycles. The van der Waals surface area contributed by atoms with Crippen LogP contribution in [0.15, 0.2) is 6.07 Å². The second-order valence-electron chi connectivity index (χ2n) is 5.45. The summed E-state index contributed by atoms with van der Waals surface area (Å²) in [4.78, 5) is 11.4. The standard InChI is InChI=1S/C15H26N4/c1-4-16-14-11-15(18-12(2)17-14)19(3)13-9-7-5-6-8-10-13/h11,13H,4-10H2,1-3H3,(H,16,17,18). The monoisotopic (exact) mass is 262 g/mol. The Kier molecular flexibility index (Phi) is 5.00. The molecule has 1 N–H and O–H groups in total. The van der Waals surface area contributed by atoms with Crippen molar-refractivity contribution in [3.05, 3.63) is 11.9 Å². The third-order valence-electron chi connectivity index (χ3n) is 3.92. The molecule has 4 heteroatoms. The van der Waals surface area contributed by atoms with E-state index in [0.717, 1.165) is 24.0 Å². The lowest BCUT2D eigenvalue weighted by molar-refractivity contribution is 0.548. The van der Waals surface area contributed by atoms with Gasteiger partial charge in [-0.15, -0.1) is 0 Å². The number of nitrogens with zero attached hydrogens (tertiary/aromatic N) is 3. The molecule has 4 nitrogen and oxygen atoms in total. The van der Waals surface area contributed by atoms with Crippen LogP contribution in [-0.2, 0) is 0 Å². The number of aryl methyl sites for hydroxylation is 1. The molecule has 0 atom stereocenters. The first kappa shape index (κ1) is 14.1. The highest BCUT2D eigenvalue weighted by Gasteiger charge is 2.18. The van der Waals surface area contributed by atoms with Crippen LogP contribution in [0.1, 0.15) is 51.3 Å². The lowest BCUT2D eigenvalue weighted by Crippen LogP contribution is -2.32. The van der Waals surface area contributed by atoms with Crippen molar-refractivity contribution in [2.75, 3.05) is 23.8 Å². The lowest BCUT2D eigenvalue weighted by Gasteiger charge is -2.28. The van der Waals surface area contributed by atoms with Gasteiger partial charge in [-0.25, -0.2) is 9.97 Å². The molecule has 19 heavy (non-hydrogen) atoms. The molecule has 1 fully saturated rings. The summed E-state index contributed by atoms with van der Waals surface area (Å²) in [6.07, 6.45) is 8.04. The highest BCUT2D eigenvalue weighted by molar-refractivity contribution is 5.49. The lowest BCUT2D eigenvalue weighted by atomic mass is 10.1. The Morgan fingerprint density at radius 3 is 2.53 bits per heavy atom. The maximum atomic E-state index is 4.60. The molecular weight excluding hydrogens is 236 g/mol. The SMILES string of the molecule is CCNc1cc(N(C)C2CCCCCC2)nc(C)n1. The van der Waals surface area contributed by atoms with E-state index in [2.05, 4.69) is 40.2 Å². The van der Waals surface area contributed by atoms with E-state index in [1.165, 1.54) is 38.5 Å². The van der Waals surface area contributed by atoms with Crippen LogP contribution in [0.2, 0.25) is 0 Å². The Labute approximate surface area is 116 Å². The molecule has 106 valence electrons. The van der Waals surface area contributed by atoms with Crippen LogP contribution in [0.5, 0.6) is 0 Å². The zero-order valence-electron chi connectivity index (χ0n) is 12.4. The van der Waals surface area contributed by atoms with Crippen LogP contribution in [-0.4, -0.2) is 29.6 Å². The first-order chi connectivity index (χ1) is 9.20. The van der Waals surface area contributed by atoms with Crippen LogP contribution in [0.3, 0.4) is 0 Å². The van der Waals surface area contributed by atoms with Gasteiger partial charge in [0.25, 0.3) is 0 Å². The molecule has 0 amide bonds. The highest BCUT2D eigenvalue weighted by Crippen LogP contribution is 2.25. The molecule has 1 aliphatic rings. The maximum Gasteiger partial charge on any atom is 0.134 e. The van der Waals surface area contributed by atoms with Crippen molar-refractivity contribution in [3.63, 3.8) is 0 Å². The second kappa shape index (κ2) is 6.73. The smallest absolute Gasteiger partial charge is 0.134 e. The van der Waals surface area contributed by atoms with Gasteiger partial charge in [0.05, 0.1) is 0 Å². The van der Waals surface area contributed by atoms with Crippen molar-refractivity contribution in [3.8, 4) is 0 Å². The third kappa shape index (κ3) is 3.82. The topological polar surface area (TPSA) is 41.0 Å². The Morgan fingerprint density at radius 1 is 1.21 bits per heavy atom. The van der Waals surface area contributed by atoms with Crippen LogP contribution >= 0.6 is 0 Å². The molecule has 1 aromatic rings. The van der Waals surface area contributed by atoms with Crippen molar-refractivity contribution in [2.45, 2.75) is 58.4 Å². The molecule has 0 aliphatic heterocycles. The first-order valence-electron chi connectivity index (χ1n) is 7.53. The normalized spacial score (nSPS) is 17.0. The van der Waals surface area contributed by atoms with E-state index in [1.807, 2.05) is 6.92 Å². The van der Waals surface area contributed by atoms with Gasteiger partial charge >= 0.3 is 0 Å². The van der Waals surface area contributed by atoms with Gasteiger partial charge in [-0.1, -0.05) is 25.7 Å². The molecule has 1 heterocycles. The molecule has 0 bridgehead atoms. The summed E-state index contributed by atoms with van der Waals surface area (Å²) in [5, 5.41) is 3.28. The van der Waals surface area contributed by atoms with Gasteiger partial charge in [-0.3, -0.25) is 0 Å². The van der Waals surface area contributed by atoms with E-state index in [1.54, 1.807) is 0 Å². The Balaban J connectivity index is 2.14. The summed E-state index contributed by atoms with van der Waals surface area (Å²) >= 11 is 0. The summed E-state index contributed by atoms with van der Waals surface area (Å²) in [6, 6.07) is 2.70. The average molecular weight is 262 g/mol. The molecule has 1 aromatic heterocycles. The van der Waals surface area contributed by atoms with Crippen LogP contribution in [0.4, 0.5) is 11.6 Å². The number of nitrogens with one attached hydrogen (secondary N) is 1. The van der Waals surface area contributed by atoms with Crippen molar-refractivity contribution < 1.29 is 0 Å². The second-order valence-corrected chi connectivity index (χ2v) is 5.45. The number of aromatic nitrogens is 2. The predicted octanol–water partition coefficient (Wildman–Crippen LogP) is 3.38. The number of hydrogen-bond acceptors (Lipinski definition) is 4. The molecule has 1 aliphatic carbocycles. The van der Waals surface area contributed by atoms with Crippen molar-refractivity contribution in [1.29, 1.82) is 0 Å². The zero-order valence-corrected chi connectivity index (χ0v) is 12.4. The summed E-state index contributed by atoms with van der Waals surface area (Å²) in [6.45, 7) is 4.94. The summed E-state index contributed by atoms with van der Waals surface area (Å²) in [5.74, 6) is 2.83. The molecule has 0 radical (unpaired) electrons. The number of hydrogen-bond donors (Lipinski definition) is 1. The van der Waals surface area contributed by atoms with E-state index in [9.17, 15) is 0 Å². The van der Waals surface area contributed by atoms with Gasteiger partial charge in [-0.05, 0) is 26.7 Å². The minimum atomic E-state index is 0.631. The summed E-state index contributed by atoms with van der Waals surface area (Å²) in [5.41, 5.74) is 0. The summed E-state index contributed by atoms with van der Waals surface area (Å²) in [7, 11) is 2.17. The Hall–Kier alpha value is -1.32. The fourth-order valence-corrected chi connectivity index (χ4v) is 2.84. The molecular formula is C15H26N4. The zero-order chi connectivity index (χ0) is 13.7. The van der Waals surface area contributed by atoms with Crippen LogP contribution < -0.4 is 10.2 Å². The first-order valence-corrected chi connectivity index (χ1v) is 7.53. The van der Waals surface area contributed by atoms with E-state index in [-0.39, 0.29) is 0 Å². The van der Waals surface area contributed by atoms with E-state index >= 15 is 0 Å². The largest absolute Gasteiger partial charge is 0.370 e. The minimum Gasteiger partial charge on any atom is -0.370 e. The molecule has 0 unspecified atom stereocenters. The number of anilines is 2. The average Bonchev–Trinajstić information content (AvgIpc) is 2.66. The molecule has 0 saturated heterocycles. The van der Waals surface area contributed by atoms with Gasteiger partial charge in [-0.2, -0.15) is 0 Å². The summed E-state index contributed by atoms with van der Waals surface area (Å²) < 4.78 is 0. The molecule has 2 rings (SSSR count). The Morgan fingerprint density at radius 2 is 1.89 bits per heavy atom. The van der Waals surface area contributed by atoms with Gasteiger partial charge in [0.1, 0.15) is 17.5 Å². The minimum absolute atomic E-state index is 0.631. The van der Waals surface area contributed by atoms with Gasteiger partial charge in [0, 0.05) is 25.7 Å². The van der Waals surface area contributed by atoms with Crippen LogP contribution in [0.25, 0.3) is 0 Å².